The summed E-state index contributed by atoms with van der Waals surface area (Å²) in [4.78, 5) is 25.7. The Hall–Kier alpha value is -1.39. The van der Waals surface area contributed by atoms with Gasteiger partial charge in [-0.05, 0) is 44.7 Å². The van der Waals surface area contributed by atoms with Crippen molar-refractivity contribution in [2.45, 2.75) is 50.7 Å². The molecule has 1 amide bonds. The van der Waals surface area contributed by atoms with E-state index in [1.807, 2.05) is 11.9 Å². The predicted molar refractivity (Wildman–Crippen MR) is 88.8 cm³/mol. The summed E-state index contributed by atoms with van der Waals surface area (Å²) in [6, 6.07) is 8.44. The van der Waals surface area contributed by atoms with E-state index in [2.05, 4.69) is 5.32 Å². The third-order valence-corrected chi connectivity index (χ3v) is 4.85. The summed E-state index contributed by atoms with van der Waals surface area (Å²) < 4.78 is 0. The molecule has 2 aliphatic heterocycles. The van der Waals surface area contributed by atoms with Crippen molar-refractivity contribution in [1.82, 2.24) is 10.2 Å². The van der Waals surface area contributed by atoms with E-state index in [9.17, 15) is 9.59 Å². The van der Waals surface area contributed by atoms with Gasteiger partial charge in [-0.2, -0.15) is 0 Å². The van der Waals surface area contributed by atoms with Crippen LogP contribution >= 0.6 is 12.4 Å². The maximum absolute atomic E-state index is 12.6. The van der Waals surface area contributed by atoms with E-state index in [0.29, 0.717) is 29.3 Å². The molecule has 0 aliphatic carbocycles. The smallest absolute Gasteiger partial charge is 0.253 e. The van der Waals surface area contributed by atoms with Crippen molar-refractivity contribution in [3.8, 4) is 0 Å². The van der Waals surface area contributed by atoms with Gasteiger partial charge >= 0.3 is 0 Å². The number of carbonyl (C=O) groups is 2. The molecular weight excluding hydrogens is 300 g/mol. The second-order valence-electron chi connectivity index (χ2n) is 6.31. The molecule has 2 unspecified atom stereocenters. The molecule has 0 radical (unpaired) electrons. The number of fused-ring (bicyclic) bond motifs is 2. The Balaban J connectivity index is 0.00000176. The van der Waals surface area contributed by atoms with Gasteiger partial charge in [0.25, 0.3) is 5.91 Å². The third kappa shape index (κ3) is 3.33. The number of hydrogen-bond donors (Lipinski definition) is 1. The minimum atomic E-state index is 0. The monoisotopic (exact) mass is 322 g/mol. The lowest BCUT2D eigenvalue weighted by molar-refractivity contribution is 0.0681. The van der Waals surface area contributed by atoms with Crippen LogP contribution in [0.1, 0.15) is 53.3 Å². The Kier molecular flexibility index (Phi) is 5.24. The summed E-state index contributed by atoms with van der Waals surface area (Å²) in [5, 5.41) is 3.60. The molecule has 5 heteroatoms. The zero-order valence-corrected chi connectivity index (χ0v) is 13.9. The molecular formula is C17H23ClN2O2. The van der Waals surface area contributed by atoms with Gasteiger partial charge in [-0.1, -0.05) is 12.1 Å². The molecule has 3 rings (SSSR count). The van der Waals surface area contributed by atoms with Crippen molar-refractivity contribution in [2.24, 2.45) is 0 Å². The van der Waals surface area contributed by atoms with E-state index < -0.39 is 0 Å². The first-order valence-corrected chi connectivity index (χ1v) is 7.69. The van der Waals surface area contributed by atoms with Crippen molar-refractivity contribution >= 4 is 24.1 Å². The SMILES string of the molecule is CC(=O)c1ccc(C(=O)N(C)C2CC3CCC(C2)N3)cc1.Cl. The number of nitrogens with zero attached hydrogens (tertiary/aromatic N) is 1. The average Bonchev–Trinajstić information content (AvgIpc) is 2.84. The van der Waals surface area contributed by atoms with Crippen molar-refractivity contribution in [2.75, 3.05) is 7.05 Å². The highest BCUT2D eigenvalue weighted by Crippen LogP contribution is 2.29. The summed E-state index contributed by atoms with van der Waals surface area (Å²) >= 11 is 0. The number of amides is 1. The van der Waals surface area contributed by atoms with Crippen LogP contribution in [0, 0.1) is 0 Å². The lowest BCUT2D eigenvalue weighted by Gasteiger charge is -2.35. The number of Topliss-reactive ketones (excluding diaryl/α,β-unsaturated/α-hetero) is 1. The number of hydrogen-bond acceptors (Lipinski definition) is 3. The Morgan fingerprint density at radius 2 is 1.55 bits per heavy atom. The van der Waals surface area contributed by atoms with E-state index in [1.54, 1.807) is 24.3 Å². The molecule has 1 aromatic carbocycles. The Morgan fingerprint density at radius 1 is 1.05 bits per heavy atom. The van der Waals surface area contributed by atoms with Gasteiger partial charge in [0.05, 0.1) is 0 Å². The largest absolute Gasteiger partial charge is 0.339 e. The Labute approximate surface area is 137 Å². The second-order valence-corrected chi connectivity index (χ2v) is 6.31. The number of nitrogens with one attached hydrogen (secondary N) is 1. The number of carbonyl (C=O) groups excluding carboxylic acids is 2. The maximum atomic E-state index is 12.6. The minimum absolute atomic E-state index is 0. The van der Waals surface area contributed by atoms with Gasteiger partial charge in [-0.25, -0.2) is 0 Å². The number of rotatable bonds is 3. The van der Waals surface area contributed by atoms with Gasteiger partial charge in [0.15, 0.2) is 5.78 Å². The zero-order valence-electron chi connectivity index (χ0n) is 13.0. The molecule has 120 valence electrons. The predicted octanol–water partition coefficient (Wildman–Crippen LogP) is 2.67. The summed E-state index contributed by atoms with van der Waals surface area (Å²) in [6.45, 7) is 1.54. The molecule has 4 nitrogen and oxygen atoms in total. The number of benzene rings is 1. The van der Waals surface area contributed by atoms with Crippen LogP contribution < -0.4 is 5.32 Å². The van der Waals surface area contributed by atoms with Crippen molar-refractivity contribution in [1.29, 1.82) is 0 Å². The third-order valence-electron chi connectivity index (χ3n) is 4.85. The quantitative estimate of drug-likeness (QED) is 0.870. The molecule has 1 aromatic rings. The van der Waals surface area contributed by atoms with E-state index in [0.717, 1.165) is 12.8 Å². The van der Waals surface area contributed by atoms with E-state index in [1.165, 1.54) is 19.8 Å². The van der Waals surface area contributed by atoms with Gasteiger partial charge in [0, 0.05) is 36.3 Å². The molecule has 1 N–H and O–H groups in total. The van der Waals surface area contributed by atoms with Crippen LogP contribution in [0.5, 0.6) is 0 Å². The first-order valence-electron chi connectivity index (χ1n) is 7.69. The van der Waals surface area contributed by atoms with Gasteiger partial charge in [0.2, 0.25) is 0 Å². The fourth-order valence-corrected chi connectivity index (χ4v) is 3.56. The molecule has 0 aromatic heterocycles. The van der Waals surface area contributed by atoms with E-state index in [-0.39, 0.29) is 24.1 Å². The standard InChI is InChI=1S/C17H22N2O2.ClH/c1-11(20)12-3-5-13(6-4-12)17(21)19(2)16-9-14-7-8-15(10-16)18-14;/h3-6,14-16,18H,7-10H2,1-2H3;1H. The fourth-order valence-electron chi connectivity index (χ4n) is 3.56. The highest BCUT2D eigenvalue weighted by atomic mass is 35.5. The van der Waals surface area contributed by atoms with Crippen LogP contribution in [0.3, 0.4) is 0 Å². The first kappa shape index (κ1) is 17.0. The van der Waals surface area contributed by atoms with E-state index in [4.69, 9.17) is 0 Å². The Bertz CT molecular complexity index is 546. The fraction of sp³-hybridized carbons (Fsp3) is 0.529. The topological polar surface area (TPSA) is 49.4 Å². The summed E-state index contributed by atoms with van der Waals surface area (Å²) in [6.07, 6.45) is 4.56. The lowest BCUT2D eigenvalue weighted by Crippen LogP contribution is -2.48. The molecule has 22 heavy (non-hydrogen) atoms. The molecule has 0 spiro atoms. The number of piperidine rings is 1. The van der Waals surface area contributed by atoms with Crippen molar-refractivity contribution in [3.05, 3.63) is 35.4 Å². The van der Waals surface area contributed by atoms with Gasteiger partial charge in [0.1, 0.15) is 0 Å². The highest BCUT2D eigenvalue weighted by molar-refractivity contribution is 5.97. The number of ketones is 1. The molecule has 2 bridgehead atoms. The Morgan fingerprint density at radius 3 is 2.05 bits per heavy atom. The average molecular weight is 323 g/mol. The highest BCUT2D eigenvalue weighted by Gasteiger charge is 2.36. The molecule has 2 atom stereocenters. The molecule has 2 fully saturated rings. The minimum Gasteiger partial charge on any atom is -0.339 e. The van der Waals surface area contributed by atoms with E-state index >= 15 is 0 Å². The summed E-state index contributed by atoms with van der Waals surface area (Å²) in [7, 11) is 1.90. The molecule has 0 saturated carbocycles. The first-order chi connectivity index (χ1) is 10.0. The van der Waals surface area contributed by atoms with Crippen LogP contribution in [-0.4, -0.2) is 41.8 Å². The second kappa shape index (κ2) is 6.80. The molecule has 2 saturated heterocycles. The van der Waals surface area contributed by atoms with Gasteiger partial charge < -0.3 is 10.2 Å². The maximum Gasteiger partial charge on any atom is 0.253 e. The van der Waals surface area contributed by atoms with Crippen LogP contribution in [0.15, 0.2) is 24.3 Å². The van der Waals surface area contributed by atoms with Crippen molar-refractivity contribution < 1.29 is 9.59 Å². The molecule has 2 aliphatic rings. The van der Waals surface area contributed by atoms with Crippen LogP contribution in [0.25, 0.3) is 0 Å². The van der Waals surface area contributed by atoms with Crippen LogP contribution in [0.4, 0.5) is 0 Å². The van der Waals surface area contributed by atoms with Gasteiger partial charge in [-0.15, -0.1) is 12.4 Å². The summed E-state index contributed by atoms with van der Waals surface area (Å²) in [5.41, 5.74) is 1.31. The van der Waals surface area contributed by atoms with Crippen molar-refractivity contribution in [3.63, 3.8) is 0 Å². The normalized spacial score (nSPS) is 26.2. The van der Waals surface area contributed by atoms with Crippen LogP contribution in [0.2, 0.25) is 0 Å². The number of halogens is 1. The zero-order chi connectivity index (χ0) is 15.0. The molecule has 2 heterocycles. The van der Waals surface area contributed by atoms with Gasteiger partial charge in [-0.3, -0.25) is 9.59 Å². The summed E-state index contributed by atoms with van der Waals surface area (Å²) in [5.74, 6) is 0.0775. The van der Waals surface area contributed by atoms with Crippen LogP contribution in [-0.2, 0) is 0 Å². The lowest BCUT2D eigenvalue weighted by atomic mass is 9.97.